The van der Waals surface area contributed by atoms with Crippen LogP contribution in [0.5, 0.6) is 0 Å². The number of carboxylic acids is 1. The highest BCUT2D eigenvalue weighted by atomic mass is 16.5. The Kier molecular flexibility index (Phi) is 7.70. The van der Waals surface area contributed by atoms with E-state index in [1.165, 1.54) is 11.1 Å². The SMILES string of the molecule is CN(C)C[C@H](NC(=O)[C@@H]1CCC[C@H](NC(=O)OCC2c3ccccc3-c3ccccc32)C1)C(=O)O. The van der Waals surface area contributed by atoms with Gasteiger partial charge in [-0.25, -0.2) is 9.59 Å². The monoisotopic (exact) mass is 479 g/mol. The van der Waals surface area contributed by atoms with Gasteiger partial charge in [0.15, 0.2) is 0 Å². The lowest BCUT2D eigenvalue weighted by molar-refractivity contribution is -0.143. The number of carbonyl (C=O) groups excluding carboxylic acids is 2. The molecular weight excluding hydrogens is 446 g/mol. The molecule has 2 aliphatic rings. The molecule has 3 N–H and O–H groups in total. The fourth-order valence-corrected chi connectivity index (χ4v) is 5.21. The largest absolute Gasteiger partial charge is 0.480 e. The molecule has 2 amide bonds. The van der Waals surface area contributed by atoms with Gasteiger partial charge in [0.1, 0.15) is 12.6 Å². The normalized spacial score (nSPS) is 20.0. The number of hydrogen-bond acceptors (Lipinski definition) is 5. The Morgan fingerprint density at radius 1 is 1.03 bits per heavy atom. The minimum absolute atomic E-state index is 0.0114. The average Bonchev–Trinajstić information content (AvgIpc) is 3.16. The summed E-state index contributed by atoms with van der Waals surface area (Å²) in [5.74, 6) is -1.69. The fraction of sp³-hybridized carbons (Fsp3) is 0.444. The van der Waals surface area contributed by atoms with Gasteiger partial charge in [0, 0.05) is 24.4 Å². The van der Waals surface area contributed by atoms with Crippen molar-refractivity contribution in [3.05, 3.63) is 59.7 Å². The van der Waals surface area contributed by atoms with Crippen molar-refractivity contribution in [3.8, 4) is 11.1 Å². The molecule has 1 fully saturated rings. The molecule has 0 saturated heterocycles. The molecule has 0 heterocycles. The minimum atomic E-state index is -1.06. The van der Waals surface area contributed by atoms with Crippen LogP contribution >= 0.6 is 0 Å². The summed E-state index contributed by atoms with van der Waals surface area (Å²) in [5.41, 5.74) is 4.66. The second-order valence-electron chi connectivity index (χ2n) is 9.69. The summed E-state index contributed by atoms with van der Waals surface area (Å²) in [4.78, 5) is 38.6. The number of nitrogens with one attached hydrogen (secondary N) is 2. The van der Waals surface area contributed by atoms with E-state index in [2.05, 4.69) is 34.9 Å². The van der Waals surface area contributed by atoms with Gasteiger partial charge >= 0.3 is 12.1 Å². The van der Waals surface area contributed by atoms with Gasteiger partial charge in [-0.15, -0.1) is 0 Å². The van der Waals surface area contributed by atoms with Gasteiger partial charge in [-0.1, -0.05) is 55.0 Å². The van der Waals surface area contributed by atoms with Gasteiger partial charge in [0.2, 0.25) is 5.91 Å². The van der Waals surface area contributed by atoms with E-state index in [1.54, 1.807) is 19.0 Å². The number of likely N-dealkylation sites (N-methyl/N-ethyl adjacent to an activating group) is 1. The molecule has 186 valence electrons. The highest BCUT2D eigenvalue weighted by Crippen LogP contribution is 2.44. The maximum absolute atomic E-state index is 12.7. The third-order valence-electron chi connectivity index (χ3n) is 6.87. The van der Waals surface area contributed by atoms with Crippen LogP contribution in [-0.4, -0.2) is 67.3 Å². The standard InChI is InChI=1S/C27H33N3O5/c1-30(2)15-24(26(32)33)29-25(31)17-8-7-9-18(14-17)28-27(34)35-16-23-21-12-5-3-10-19(21)20-11-4-6-13-22(20)23/h3-6,10-13,17-18,23-24H,7-9,14-16H2,1-2H3,(H,28,34)(H,29,31)(H,32,33)/t17-,18+,24+/m1/s1. The quantitative estimate of drug-likeness (QED) is 0.537. The van der Waals surface area contributed by atoms with Gasteiger partial charge in [-0.2, -0.15) is 0 Å². The van der Waals surface area contributed by atoms with Gasteiger partial charge in [-0.05, 0) is 55.6 Å². The summed E-state index contributed by atoms with van der Waals surface area (Å²) < 4.78 is 5.64. The molecular formula is C27H33N3O5. The lowest BCUT2D eigenvalue weighted by Gasteiger charge is -2.30. The first-order chi connectivity index (χ1) is 16.8. The predicted octanol–water partition coefficient (Wildman–Crippen LogP) is 3.21. The van der Waals surface area contributed by atoms with Crippen molar-refractivity contribution in [1.29, 1.82) is 0 Å². The average molecular weight is 480 g/mol. The smallest absolute Gasteiger partial charge is 0.407 e. The lowest BCUT2D eigenvalue weighted by atomic mass is 9.85. The van der Waals surface area contributed by atoms with E-state index in [-0.39, 0.29) is 36.9 Å². The highest BCUT2D eigenvalue weighted by molar-refractivity contribution is 5.85. The molecule has 0 bridgehead atoms. The Labute approximate surface area is 205 Å². The highest BCUT2D eigenvalue weighted by Gasteiger charge is 2.32. The van der Waals surface area contributed by atoms with E-state index < -0.39 is 18.1 Å². The Hall–Kier alpha value is -3.39. The zero-order valence-corrected chi connectivity index (χ0v) is 20.2. The Morgan fingerprint density at radius 2 is 1.66 bits per heavy atom. The van der Waals surface area contributed by atoms with Crippen molar-refractivity contribution in [3.63, 3.8) is 0 Å². The van der Waals surface area contributed by atoms with Crippen LogP contribution in [0, 0.1) is 5.92 Å². The van der Waals surface area contributed by atoms with E-state index in [9.17, 15) is 19.5 Å². The molecule has 2 aromatic rings. The van der Waals surface area contributed by atoms with Crippen molar-refractivity contribution in [2.75, 3.05) is 27.2 Å². The van der Waals surface area contributed by atoms with Crippen molar-refractivity contribution >= 4 is 18.0 Å². The molecule has 1 saturated carbocycles. The second-order valence-corrected chi connectivity index (χ2v) is 9.69. The molecule has 0 spiro atoms. The van der Waals surface area contributed by atoms with Crippen molar-refractivity contribution in [2.24, 2.45) is 5.92 Å². The molecule has 35 heavy (non-hydrogen) atoms. The number of ether oxygens (including phenoxy) is 1. The number of alkyl carbamates (subject to hydrolysis) is 1. The summed E-state index contributed by atoms with van der Waals surface area (Å²) in [6.07, 6.45) is 2.17. The first kappa shape index (κ1) is 24.7. The number of amides is 2. The summed E-state index contributed by atoms with van der Waals surface area (Å²) in [6.45, 7) is 0.455. The molecule has 0 radical (unpaired) electrons. The summed E-state index contributed by atoms with van der Waals surface area (Å²) in [6, 6.07) is 15.2. The molecule has 0 unspecified atom stereocenters. The molecule has 8 nitrogen and oxygen atoms in total. The first-order valence-corrected chi connectivity index (χ1v) is 12.1. The number of fused-ring (bicyclic) bond motifs is 3. The molecule has 4 rings (SSSR count). The number of carbonyl (C=O) groups is 3. The predicted molar refractivity (Wildman–Crippen MR) is 132 cm³/mol. The zero-order valence-electron chi connectivity index (χ0n) is 20.2. The fourth-order valence-electron chi connectivity index (χ4n) is 5.21. The van der Waals surface area contributed by atoms with E-state index in [1.807, 2.05) is 24.3 Å². The van der Waals surface area contributed by atoms with Gasteiger partial charge in [0.25, 0.3) is 0 Å². The summed E-state index contributed by atoms with van der Waals surface area (Å²) >= 11 is 0. The van der Waals surface area contributed by atoms with Crippen LogP contribution in [0.15, 0.2) is 48.5 Å². The Morgan fingerprint density at radius 3 is 2.26 bits per heavy atom. The Balaban J connectivity index is 1.31. The van der Waals surface area contributed by atoms with Crippen molar-refractivity contribution < 1.29 is 24.2 Å². The van der Waals surface area contributed by atoms with Gasteiger partial charge < -0.3 is 25.4 Å². The van der Waals surface area contributed by atoms with Crippen LogP contribution < -0.4 is 10.6 Å². The maximum Gasteiger partial charge on any atom is 0.407 e. The van der Waals surface area contributed by atoms with Crippen LogP contribution in [0.3, 0.4) is 0 Å². The molecule has 2 aliphatic carbocycles. The topological polar surface area (TPSA) is 108 Å². The molecule has 3 atom stereocenters. The third-order valence-corrected chi connectivity index (χ3v) is 6.87. The Bertz CT molecular complexity index is 1040. The number of nitrogens with zero attached hydrogens (tertiary/aromatic N) is 1. The van der Waals surface area contributed by atoms with E-state index in [4.69, 9.17) is 4.74 Å². The lowest BCUT2D eigenvalue weighted by Crippen LogP contribution is -2.50. The number of carboxylic acid groups (broad SMARTS) is 1. The van der Waals surface area contributed by atoms with Gasteiger partial charge in [0.05, 0.1) is 0 Å². The van der Waals surface area contributed by atoms with Crippen molar-refractivity contribution in [1.82, 2.24) is 15.5 Å². The van der Waals surface area contributed by atoms with Crippen molar-refractivity contribution in [2.45, 2.75) is 43.7 Å². The third kappa shape index (κ3) is 5.82. The summed E-state index contributed by atoms with van der Waals surface area (Å²) in [5, 5.41) is 15.0. The molecule has 2 aromatic carbocycles. The number of benzene rings is 2. The molecule has 8 heteroatoms. The van der Waals surface area contributed by atoms with Crippen LogP contribution in [0.1, 0.15) is 42.7 Å². The van der Waals surface area contributed by atoms with Crippen LogP contribution in [0.2, 0.25) is 0 Å². The summed E-state index contributed by atoms with van der Waals surface area (Å²) in [7, 11) is 3.52. The zero-order chi connectivity index (χ0) is 24.9. The maximum atomic E-state index is 12.7. The number of aliphatic carboxylic acids is 1. The van der Waals surface area contributed by atoms with Crippen LogP contribution in [0.4, 0.5) is 4.79 Å². The van der Waals surface area contributed by atoms with Crippen LogP contribution in [0.25, 0.3) is 11.1 Å². The van der Waals surface area contributed by atoms with Crippen LogP contribution in [-0.2, 0) is 14.3 Å². The molecule has 0 aromatic heterocycles. The number of rotatable bonds is 8. The van der Waals surface area contributed by atoms with E-state index in [0.717, 1.165) is 24.0 Å². The van der Waals surface area contributed by atoms with E-state index >= 15 is 0 Å². The van der Waals surface area contributed by atoms with E-state index in [0.29, 0.717) is 12.8 Å². The second kappa shape index (κ2) is 10.9. The molecule has 0 aliphatic heterocycles. The van der Waals surface area contributed by atoms with Gasteiger partial charge in [-0.3, -0.25) is 4.79 Å². The number of hydrogen-bond donors (Lipinski definition) is 3. The first-order valence-electron chi connectivity index (χ1n) is 12.1. The minimum Gasteiger partial charge on any atom is -0.480 e.